The van der Waals surface area contributed by atoms with Gasteiger partial charge in [-0.3, -0.25) is 0 Å². The van der Waals surface area contributed by atoms with Crippen LogP contribution in [0.1, 0.15) is 34.1 Å². The summed E-state index contributed by atoms with van der Waals surface area (Å²) in [6.07, 6.45) is 0. The monoisotopic (exact) mass is 404 g/mol. The van der Waals surface area contributed by atoms with E-state index in [4.69, 9.17) is 8.83 Å². The predicted molar refractivity (Wildman–Crippen MR) is 125 cm³/mol. The second kappa shape index (κ2) is 8.16. The summed E-state index contributed by atoms with van der Waals surface area (Å²) >= 11 is 0. The molecule has 31 heavy (non-hydrogen) atoms. The van der Waals surface area contributed by atoms with Gasteiger partial charge in [-0.25, -0.2) is 0 Å². The molecule has 152 valence electrons. The van der Waals surface area contributed by atoms with Crippen LogP contribution in [0.4, 0.5) is 0 Å². The Morgan fingerprint density at radius 2 is 0.903 bits per heavy atom. The Kier molecular flexibility index (Phi) is 5.05. The van der Waals surface area contributed by atoms with Crippen LogP contribution >= 0.6 is 0 Å². The third-order valence-electron chi connectivity index (χ3n) is 5.69. The second-order valence-electron chi connectivity index (χ2n) is 7.89. The van der Waals surface area contributed by atoms with Crippen LogP contribution in [-0.2, 0) is 0 Å². The summed E-state index contributed by atoms with van der Waals surface area (Å²) in [5.74, 6) is 3.48. The summed E-state index contributed by atoms with van der Waals surface area (Å²) in [6, 6.07) is 35.1. The lowest BCUT2D eigenvalue weighted by atomic mass is 9.90. The van der Waals surface area contributed by atoms with E-state index in [1.54, 1.807) is 0 Å². The van der Waals surface area contributed by atoms with Crippen molar-refractivity contribution in [2.45, 2.75) is 19.8 Å². The minimum Gasteiger partial charge on any atom is -0.460 e. The third kappa shape index (κ3) is 3.73. The van der Waals surface area contributed by atoms with Gasteiger partial charge < -0.3 is 8.83 Å². The minimum absolute atomic E-state index is 0.115. The zero-order chi connectivity index (χ0) is 21.2. The van der Waals surface area contributed by atoms with E-state index in [9.17, 15) is 0 Å². The molecule has 0 bridgehead atoms. The largest absolute Gasteiger partial charge is 0.460 e. The van der Waals surface area contributed by atoms with Crippen LogP contribution in [0.3, 0.4) is 0 Å². The highest BCUT2D eigenvalue weighted by Crippen LogP contribution is 2.41. The van der Waals surface area contributed by atoms with Gasteiger partial charge in [-0.15, -0.1) is 0 Å². The maximum Gasteiger partial charge on any atom is 0.134 e. The topological polar surface area (TPSA) is 26.3 Å². The summed E-state index contributed by atoms with van der Waals surface area (Å²) < 4.78 is 13.0. The highest BCUT2D eigenvalue weighted by Gasteiger charge is 2.28. The molecule has 0 radical (unpaired) electrons. The number of aryl methyl sites for hydroxylation is 2. The molecule has 0 saturated heterocycles. The fourth-order valence-electron chi connectivity index (χ4n) is 4.12. The number of hydrogen-bond donors (Lipinski definition) is 0. The lowest BCUT2D eigenvalue weighted by Crippen LogP contribution is -2.04. The van der Waals surface area contributed by atoms with Gasteiger partial charge in [-0.1, -0.05) is 91.0 Å². The Hall–Kier alpha value is -3.78. The van der Waals surface area contributed by atoms with Gasteiger partial charge in [-0.05, 0) is 42.7 Å². The molecule has 0 amide bonds. The Bertz CT molecular complexity index is 1200. The molecule has 5 aromatic rings. The first-order valence-corrected chi connectivity index (χ1v) is 10.6. The van der Waals surface area contributed by atoms with E-state index < -0.39 is 0 Å². The van der Waals surface area contributed by atoms with Crippen molar-refractivity contribution in [3.8, 4) is 22.6 Å². The SMILES string of the molecule is Cc1cc(-c2ccccc2)oc1C(c1ccccc1)c1oc(-c2ccccc2)cc1C. The molecule has 2 heteroatoms. The van der Waals surface area contributed by atoms with Crippen molar-refractivity contribution in [2.75, 3.05) is 0 Å². The molecule has 0 N–H and O–H groups in total. The highest BCUT2D eigenvalue weighted by atomic mass is 16.4. The van der Waals surface area contributed by atoms with Crippen molar-refractivity contribution in [3.63, 3.8) is 0 Å². The first-order valence-electron chi connectivity index (χ1n) is 10.6. The van der Waals surface area contributed by atoms with Crippen molar-refractivity contribution in [3.05, 3.63) is 131 Å². The van der Waals surface area contributed by atoms with E-state index >= 15 is 0 Å². The lowest BCUT2D eigenvalue weighted by molar-refractivity contribution is 0.457. The molecule has 0 aliphatic rings. The molecule has 2 aromatic heterocycles. The second-order valence-corrected chi connectivity index (χ2v) is 7.89. The van der Waals surface area contributed by atoms with E-state index in [0.717, 1.165) is 50.9 Å². The first-order chi connectivity index (χ1) is 15.2. The van der Waals surface area contributed by atoms with Crippen molar-refractivity contribution >= 4 is 0 Å². The Labute approximate surface area is 182 Å². The number of benzene rings is 3. The summed E-state index contributed by atoms with van der Waals surface area (Å²) in [6.45, 7) is 4.22. The van der Waals surface area contributed by atoms with Crippen LogP contribution < -0.4 is 0 Å². The molecule has 0 aliphatic heterocycles. The number of hydrogen-bond acceptors (Lipinski definition) is 2. The molecular formula is C29H24O2. The predicted octanol–water partition coefficient (Wildman–Crippen LogP) is 8.00. The lowest BCUT2D eigenvalue weighted by Gasteiger charge is -2.15. The summed E-state index contributed by atoms with van der Waals surface area (Å²) in [7, 11) is 0. The third-order valence-corrected chi connectivity index (χ3v) is 5.69. The van der Waals surface area contributed by atoms with Gasteiger partial charge in [0.2, 0.25) is 0 Å². The molecule has 2 heterocycles. The van der Waals surface area contributed by atoms with Gasteiger partial charge in [0.25, 0.3) is 0 Å². The van der Waals surface area contributed by atoms with Gasteiger partial charge in [0.1, 0.15) is 29.0 Å². The van der Waals surface area contributed by atoms with Crippen LogP contribution in [0.5, 0.6) is 0 Å². The minimum atomic E-state index is -0.115. The van der Waals surface area contributed by atoms with Crippen LogP contribution in [0.25, 0.3) is 22.6 Å². The summed E-state index contributed by atoms with van der Waals surface area (Å²) in [5.41, 5.74) is 5.53. The molecule has 0 aliphatic carbocycles. The van der Waals surface area contributed by atoms with E-state index in [0.29, 0.717) is 0 Å². The molecule has 0 atom stereocenters. The fraction of sp³-hybridized carbons (Fsp3) is 0.103. The molecule has 3 aromatic carbocycles. The molecular weight excluding hydrogens is 380 g/mol. The maximum absolute atomic E-state index is 6.48. The van der Waals surface area contributed by atoms with Gasteiger partial charge in [0, 0.05) is 11.1 Å². The maximum atomic E-state index is 6.48. The zero-order valence-electron chi connectivity index (χ0n) is 17.7. The number of furan rings is 2. The summed E-state index contributed by atoms with van der Waals surface area (Å²) in [5, 5.41) is 0. The van der Waals surface area contributed by atoms with E-state index in [-0.39, 0.29) is 5.92 Å². The molecule has 2 nitrogen and oxygen atoms in total. The quantitative estimate of drug-likeness (QED) is 0.296. The normalized spacial score (nSPS) is 11.2. The standard InChI is InChI=1S/C29H24O2/c1-20-18-25(22-12-6-3-7-13-22)30-28(20)27(24-16-10-5-11-17-24)29-21(2)19-26(31-29)23-14-8-4-9-15-23/h3-19,27H,1-2H3. The first kappa shape index (κ1) is 19.2. The Morgan fingerprint density at radius 3 is 1.32 bits per heavy atom. The highest BCUT2D eigenvalue weighted by molar-refractivity contribution is 5.62. The molecule has 0 fully saturated rings. The average Bonchev–Trinajstić information content (AvgIpc) is 3.39. The Balaban J connectivity index is 1.65. The van der Waals surface area contributed by atoms with Crippen molar-refractivity contribution in [1.82, 2.24) is 0 Å². The Morgan fingerprint density at radius 1 is 0.516 bits per heavy atom. The molecule has 5 rings (SSSR count). The van der Waals surface area contributed by atoms with Gasteiger partial charge in [0.15, 0.2) is 0 Å². The van der Waals surface area contributed by atoms with Crippen LogP contribution in [-0.4, -0.2) is 0 Å². The smallest absolute Gasteiger partial charge is 0.134 e. The van der Waals surface area contributed by atoms with E-state index in [1.807, 2.05) is 42.5 Å². The summed E-state index contributed by atoms with van der Waals surface area (Å²) in [4.78, 5) is 0. The molecule has 0 saturated carbocycles. The molecule has 0 spiro atoms. The van der Waals surface area contributed by atoms with Gasteiger partial charge in [-0.2, -0.15) is 0 Å². The van der Waals surface area contributed by atoms with E-state index in [1.165, 1.54) is 0 Å². The van der Waals surface area contributed by atoms with Crippen LogP contribution in [0.15, 0.2) is 112 Å². The average molecular weight is 405 g/mol. The zero-order valence-corrected chi connectivity index (χ0v) is 17.7. The van der Waals surface area contributed by atoms with Crippen LogP contribution in [0, 0.1) is 13.8 Å². The van der Waals surface area contributed by atoms with Crippen molar-refractivity contribution < 1.29 is 8.83 Å². The van der Waals surface area contributed by atoms with E-state index in [2.05, 4.69) is 74.5 Å². The van der Waals surface area contributed by atoms with Crippen LogP contribution in [0.2, 0.25) is 0 Å². The number of rotatable bonds is 5. The molecule has 0 unspecified atom stereocenters. The van der Waals surface area contributed by atoms with Gasteiger partial charge in [0.05, 0.1) is 0 Å². The fourth-order valence-corrected chi connectivity index (χ4v) is 4.12. The van der Waals surface area contributed by atoms with Gasteiger partial charge >= 0.3 is 0 Å². The van der Waals surface area contributed by atoms with Crippen molar-refractivity contribution in [1.29, 1.82) is 0 Å². The van der Waals surface area contributed by atoms with Crippen molar-refractivity contribution in [2.24, 2.45) is 0 Å².